The van der Waals surface area contributed by atoms with E-state index < -0.39 is 6.10 Å². The van der Waals surface area contributed by atoms with Crippen molar-refractivity contribution in [2.75, 3.05) is 33.3 Å². The van der Waals surface area contributed by atoms with E-state index in [0.717, 1.165) is 44.0 Å². The number of hydrogen-bond donors (Lipinski definition) is 1. The highest BCUT2D eigenvalue weighted by Gasteiger charge is 2.27. The molecule has 0 spiro atoms. The van der Waals surface area contributed by atoms with Crippen molar-refractivity contribution in [3.8, 4) is 5.75 Å². The Morgan fingerprint density at radius 1 is 1.14 bits per heavy atom. The molecule has 1 fully saturated rings. The average molecular weight is 399 g/mol. The largest absolute Gasteiger partial charge is 0.497 e. The lowest BCUT2D eigenvalue weighted by atomic mass is 10.2. The van der Waals surface area contributed by atoms with Crippen LogP contribution in [0.2, 0.25) is 0 Å². The second-order valence-corrected chi connectivity index (χ2v) is 7.15. The van der Waals surface area contributed by atoms with Gasteiger partial charge in [-0.15, -0.1) is 0 Å². The Morgan fingerprint density at radius 3 is 2.52 bits per heavy atom. The van der Waals surface area contributed by atoms with Gasteiger partial charge in [0, 0.05) is 51.7 Å². The van der Waals surface area contributed by atoms with Gasteiger partial charge in [-0.05, 0) is 35.7 Å². The van der Waals surface area contributed by atoms with Gasteiger partial charge in [0.2, 0.25) is 0 Å². The predicted molar refractivity (Wildman–Crippen MR) is 111 cm³/mol. The highest BCUT2D eigenvalue weighted by Crippen LogP contribution is 2.13. The Labute approximate surface area is 172 Å². The number of methoxy groups -OCH3 is 1. The van der Waals surface area contributed by atoms with Crippen molar-refractivity contribution in [2.45, 2.75) is 32.5 Å². The number of ether oxygens (including phenoxy) is 1. The average Bonchev–Trinajstić information content (AvgIpc) is 2.78. The zero-order valence-corrected chi connectivity index (χ0v) is 17.2. The number of piperazine rings is 1. The number of carbonyl (C=O) groups excluding carboxylic acids is 1. The van der Waals surface area contributed by atoms with E-state index in [1.54, 1.807) is 13.3 Å². The van der Waals surface area contributed by atoms with Gasteiger partial charge in [-0.25, -0.2) is 0 Å². The summed E-state index contributed by atoms with van der Waals surface area (Å²) in [4.78, 5) is 27.0. The zero-order valence-electron chi connectivity index (χ0n) is 17.2. The Bertz CT molecular complexity index is 746. The smallest absolute Gasteiger partial charge is 0.253 e. The van der Waals surface area contributed by atoms with Crippen LogP contribution < -0.4 is 10.2 Å². The van der Waals surface area contributed by atoms with Crippen molar-refractivity contribution < 1.29 is 14.4 Å². The summed E-state index contributed by atoms with van der Waals surface area (Å²) < 4.78 is 5.16. The fraction of sp³-hybridized carbons (Fsp3) is 0.455. The van der Waals surface area contributed by atoms with Crippen LogP contribution in [-0.4, -0.2) is 60.1 Å². The van der Waals surface area contributed by atoms with Crippen LogP contribution in [0.5, 0.6) is 5.75 Å². The molecular formula is C22H30N4O3. The van der Waals surface area contributed by atoms with Crippen LogP contribution in [0, 0.1) is 0 Å². The van der Waals surface area contributed by atoms with Gasteiger partial charge in [0.25, 0.3) is 5.91 Å². The maximum absolute atomic E-state index is 12.8. The molecule has 156 valence electrons. The van der Waals surface area contributed by atoms with Crippen molar-refractivity contribution in [2.24, 2.45) is 0 Å². The van der Waals surface area contributed by atoms with Crippen LogP contribution in [0.1, 0.15) is 24.5 Å². The van der Waals surface area contributed by atoms with Gasteiger partial charge in [0.15, 0.2) is 6.10 Å². The Hall–Kier alpha value is -2.48. The third kappa shape index (κ3) is 6.25. The van der Waals surface area contributed by atoms with Crippen molar-refractivity contribution in [1.82, 2.24) is 20.3 Å². The minimum atomic E-state index is -0.474. The van der Waals surface area contributed by atoms with Crippen molar-refractivity contribution in [1.29, 1.82) is 0 Å². The molecule has 7 nitrogen and oxygen atoms in total. The number of amides is 1. The summed E-state index contributed by atoms with van der Waals surface area (Å²) in [5.74, 6) is 0.870. The molecule has 2 heterocycles. The monoisotopic (exact) mass is 398 g/mol. The van der Waals surface area contributed by atoms with E-state index in [0.29, 0.717) is 13.0 Å². The van der Waals surface area contributed by atoms with Gasteiger partial charge in [0.1, 0.15) is 5.75 Å². The van der Waals surface area contributed by atoms with Gasteiger partial charge < -0.3 is 9.64 Å². The molecule has 2 aromatic rings. The predicted octanol–water partition coefficient (Wildman–Crippen LogP) is 2.23. The summed E-state index contributed by atoms with van der Waals surface area (Å²) in [6, 6.07) is 11.8. The summed E-state index contributed by atoms with van der Waals surface area (Å²) in [5.41, 5.74) is 5.21. The van der Waals surface area contributed by atoms with E-state index in [2.05, 4.69) is 21.4 Å². The second kappa shape index (κ2) is 10.9. The van der Waals surface area contributed by atoms with Crippen LogP contribution in [0.3, 0.4) is 0 Å². The molecule has 1 aromatic heterocycles. The SMILES string of the molecule is CCC(ONCc1ccc(OC)cc1)C(=O)N1CCN(Cc2cccnc2)CC1. The molecule has 7 heteroatoms. The third-order valence-electron chi connectivity index (χ3n) is 5.12. The van der Waals surface area contributed by atoms with Crippen molar-refractivity contribution >= 4 is 5.91 Å². The molecule has 0 aliphatic carbocycles. The molecule has 1 amide bonds. The number of hydrogen-bond acceptors (Lipinski definition) is 6. The van der Waals surface area contributed by atoms with Crippen molar-refractivity contribution in [3.63, 3.8) is 0 Å². The van der Waals surface area contributed by atoms with Gasteiger partial charge in [-0.3, -0.25) is 19.5 Å². The number of carbonyl (C=O) groups is 1. The number of hydroxylamine groups is 1. The summed E-state index contributed by atoms with van der Waals surface area (Å²) in [5, 5.41) is 0. The Kier molecular flexibility index (Phi) is 7.98. The number of aromatic nitrogens is 1. The van der Waals surface area contributed by atoms with E-state index in [4.69, 9.17) is 9.57 Å². The lowest BCUT2D eigenvalue weighted by Gasteiger charge is -2.36. The summed E-state index contributed by atoms with van der Waals surface area (Å²) in [6.45, 7) is 6.53. The number of benzene rings is 1. The van der Waals surface area contributed by atoms with Crippen LogP contribution >= 0.6 is 0 Å². The van der Waals surface area contributed by atoms with Crippen LogP contribution in [0.4, 0.5) is 0 Å². The fourth-order valence-electron chi connectivity index (χ4n) is 3.36. The molecule has 0 saturated carbocycles. The molecular weight excluding hydrogens is 368 g/mol. The zero-order chi connectivity index (χ0) is 20.5. The lowest BCUT2D eigenvalue weighted by Crippen LogP contribution is -2.52. The summed E-state index contributed by atoms with van der Waals surface area (Å²) in [6.07, 6.45) is 3.84. The van der Waals surface area contributed by atoms with E-state index in [9.17, 15) is 4.79 Å². The maximum atomic E-state index is 12.8. The van der Waals surface area contributed by atoms with Gasteiger partial charge in [-0.1, -0.05) is 25.1 Å². The van der Waals surface area contributed by atoms with Crippen LogP contribution in [0.15, 0.2) is 48.8 Å². The number of pyridine rings is 1. The molecule has 1 atom stereocenters. The maximum Gasteiger partial charge on any atom is 0.253 e. The molecule has 1 saturated heterocycles. The minimum Gasteiger partial charge on any atom is -0.497 e. The lowest BCUT2D eigenvalue weighted by molar-refractivity contribution is -0.151. The highest BCUT2D eigenvalue weighted by molar-refractivity contribution is 5.81. The topological polar surface area (TPSA) is 66.9 Å². The normalized spacial score (nSPS) is 15.9. The number of nitrogens with one attached hydrogen (secondary N) is 1. The number of rotatable bonds is 9. The first-order valence-corrected chi connectivity index (χ1v) is 10.1. The fourth-order valence-corrected chi connectivity index (χ4v) is 3.36. The molecule has 0 bridgehead atoms. The van der Waals surface area contributed by atoms with Gasteiger partial charge in [-0.2, -0.15) is 5.48 Å². The molecule has 1 aromatic carbocycles. The van der Waals surface area contributed by atoms with Gasteiger partial charge in [0.05, 0.1) is 7.11 Å². The number of nitrogens with zero attached hydrogens (tertiary/aromatic N) is 3. The first-order valence-electron chi connectivity index (χ1n) is 10.1. The Morgan fingerprint density at radius 2 is 1.90 bits per heavy atom. The molecule has 1 aliphatic rings. The molecule has 1 N–H and O–H groups in total. The first-order chi connectivity index (χ1) is 14.2. The van der Waals surface area contributed by atoms with Crippen LogP contribution in [-0.2, 0) is 22.7 Å². The summed E-state index contributed by atoms with van der Waals surface area (Å²) in [7, 11) is 1.65. The van der Waals surface area contributed by atoms with Crippen molar-refractivity contribution in [3.05, 3.63) is 59.9 Å². The van der Waals surface area contributed by atoms with E-state index in [1.807, 2.05) is 48.4 Å². The summed E-state index contributed by atoms with van der Waals surface area (Å²) >= 11 is 0. The minimum absolute atomic E-state index is 0.0516. The standard InChI is InChI=1S/C22H30N4O3/c1-3-21(29-24-16-18-6-8-20(28-2)9-7-18)22(27)26-13-11-25(12-14-26)17-19-5-4-10-23-15-19/h4-10,15,21,24H,3,11-14,16-17H2,1-2H3. The van der Waals surface area contributed by atoms with Gasteiger partial charge >= 0.3 is 0 Å². The second-order valence-electron chi connectivity index (χ2n) is 7.15. The molecule has 0 radical (unpaired) electrons. The molecule has 3 rings (SSSR count). The van der Waals surface area contributed by atoms with E-state index >= 15 is 0 Å². The quantitative estimate of drug-likeness (QED) is 0.654. The molecule has 29 heavy (non-hydrogen) atoms. The van der Waals surface area contributed by atoms with E-state index in [1.165, 1.54) is 5.56 Å². The molecule has 1 unspecified atom stereocenters. The van der Waals surface area contributed by atoms with E-state index in [-0.39, 0.29) is 5.91 Å². The third-order valence-corrected chi connectivity index (χ3v) is 5.12. The first kappa shape index (κ1) is 21.2. The Balaban J connectivity index is 1.42. The van der Waals surface area contributed by atoms with Crippen LogP contribution in [0.25, 0.3) is 0 Å². The highest BCUT2D eigenvalue weighted by atomic mass is 16.7. The molecule has 1 aliphatic heterocycles.